The molecule has 0 atom stereocenters. The van der Waals surface area contributed by atoms with Gasteiger partial charge in [-0.15, -0.1) is 0 Å². The van der Waals surface area contributed by atoms with Gasteiger partial charge in [-0.1, -0.05) is 25.9 Å². The van der Waals surface area contributed by atoms with Crippen molar-refractivity contribution < 1.29 is 69.2 Å². The minimum absolute atomic E-state index is 0. The van der Waals surface area contributed by atoms with Crippen LogP contribution < -0.4 is 59.1 Å². The van der Waals surface area contributed by atoms with Crippen LogP contribution in [0, 0.1) is 20.2 Å². The molecule has 0 amide bonds. The van der Waals surface area contributed by atoms with Crippen molar-refractivity contribution >= 4 is 0 Å². The second-order valence-corrected chi connectivity index (χ2v) is 1.91. The van der Waals surface area contributed by atoms with Crippen LogP contribution in [-0.4, -0.2) is 23.2 Å². The summed E-state index contributed by atoms with van der Waals surface area (Å²) in [5, 5.41) is 17.7. The minimum atomic E-state index is -0.773. The average Bonchev–Trinajstić information content (AvgIpc) is 1.95. The Kier molecular flexibility index (Phi) is 19.0. The third kappa shape index (κ3) is 18.2. The largest absolute Gasteiger partial charge is 1.00 e. The van der Waals surface area contributed by atoms with Crippen molar-refractivity contribution in [3.8, 4) is 0 Å². The second-order valence-electron chi connectivity index (χ2n) is 1.91. The standard InChI is InChI=1S/C4H8N4O4.2Na/c9-7(10)5-3-1-2-4-6-8(11)12;;/h1-4H2;;/q-2;2*+1. The molecule has 0 aromatic heterocycles. The Morgan fingerprint density at radius 3 is 1.36 bits per heavy atom. The smallest absolute Gasteiger partial charge is 0.379 e. The molecule has 70 valence electrons. The van der Waals surface area contributed by atoms with E-state index < -0.39 is 10.1 Å². The SMILES string of the molecule is O=[N+]([O-])[N-]CCCC[N-][N+](=O)[O-].[Na+].[Na+]. The normalized spacial score (nSPS) is 7.71. The van der Waals surface area contributed by atoms with Crippen LogP contribution in [0.4, 0.5) is 0 Å². The average molecular weight is 222 g/mol. The van der Waals surface area contributed by atoms with E-state index in [1.807, 2.05) is 0 Å². The molecule has 0 aromatic carbocycles. The zero-order chi connectivity index (χ0) is 9.40. The van der Waals surface area contributed by atoms with Gasteiger partial charge in [-0.3, -0.25) is 20.2 Å². The van der Waals surface area contributed by atoms with Crippen LogP contribution in [0.1, 0.15) is 12.8 Å². The number of nitro groups is 2. The summed E-state index contributed by atoms with van der Waals surface area (Å²) >= 11 is 0. The van der Waals surface area contributed by atoms with E-state index in [2.05, 4.69) is 10.9 Å². The third-order valence-electron chi connectivity index (χ3n) is 0.997. The summed E-state index contributed by atoms with van der Waals surface area (Å²) in [4.78, 5) is 19.3. The van der Waals surface area contributed by atoms with Gasteiger partial charge in [-0.25, -0.2) is 0 Å². The number of hydrogen-bond donors (Lipinski definition) is 0. The van der Waals surface area contributed by atoms with E-state index in [0.29, 0.717) is 12.8 Å². The zero-order valence-corrected chi connectivity index (χ0v) is 12.3. The molecule has 0 aliphatic carbocycles. The van der Waals surface area contributed by atoms with Crippen LogP contribution in [-0.2, 0) is 0 Å². The van der Waals surface area contributed by atoms with Crippen molar-refractivity contribution in [2.75, 3.05) is 13.1 Å². The molecule has 0 fully saturated rings. The van der Waals surface area contributed by atoms with E-state index in [0.717, 1.165) is 0 Å². The van der Waals surface area contributed by atoms with E-state index in [-0.39, 0.29) is 72.2 Å². The van der Waals surface area contributed by atoms with Gasteiger partial charge in [0.2, 0.25) is 0 Å². The van der Waals surface area contributed by atoms with Crippen molar-refractivity contribution in [1.29, 1.82) is 0 Å². The van der Waals surface area contributed by atoms with Gasteiger partial charge >= 0.3 is 59.1 Å². The fraction of sp³-hybridized carbons (Fsp3) is 1.00. The molecule has 0 N–H and O–H groups in total. The van der Waals surface area contributed by atoms with E-state index in [1.54, 1.807) is 0 Å². The molecule has 8 nitrogen and oxygen atoms in total. The van der Waals surface area contributed by atoms with Crippen LogP contribution in [0.2, 0.25) is 0 Å². The van der Waals surface area contributed by atoms with Gasteiger partial charge in [-0.2, -0.15) is 0 Å². The Labute approximate surface area is 125 Å². The van der Waals surface area contributed by atoms with Gasteiger partial charge < -0.3 is 10.9 Å². The molecule has 0 rings (SSSR count). The maximum Gasteiger partial charge on any atom is 1.00 e. The summed E-state index contributed by atoms with van der Waals surface area (Å²) in [5.74, 6) is 0. The van der Waals surface area contributed by atoms with Crippen molar-refractivity contribution in [2.24, 2.45) is 0 Å². The predicted molar refractivity (Wildman–Crippen MR) is 39.7 cm³/mol. The Bertz CT molecular complexity index is 151. The van der Waals surface area contributed by atoms with E-state index >= 15 is 0 Å². The molecule has 0 saturated heterocycles. The van der Waals surface area contributed by atoms with Crippen LogP contribution in [0.5, 0.6) is 0 Å². The third-order valence-corrected chi connectivity index (χ3v) is 0.997. The van der Waals surface area contributed by atoms with E-state index in [4.69, 9.17) is 0 Å². The maximum atomic E-state index is 9.65. The van der Waals surface area contributed by atoms with Crippen molar-refractivity contribution in [3.05, 3.63) is 31.1 Å². The first-order chi connectivity index (χ1) is 5.63. The van der Waals surface area contributed by atoms with Crippen LogP contribution >= 0.6 is 0 Å². The topological polar surface area (TPSA) is 114 Å². The molecule has 0 radical (unpaired) electrons. The molecule has 0 aromatic rings. The maximum absolute atomic E-state index is 9.65. The van der Waals surface area contributed by atoms with Gasteiger partial charge in [0, 0.05) is 0 Å². The molecule has 0 unspecified atom stereocenters. The molecule has 0 bridgehead atoms. The molecule has 0 saturated carbocycles. The fourth-order valence-corrected chi connectivity index (χ4v) is 0.528. The van der Waals surface area contributed by atoms with Crippen LogP contribution in [0.3, 0.4) is 0 Å². The van der Waals surface area contributed by atoms with Crippen LogP contribution in [0.25, 0.3) is 10.9 Å². The Morgan fingerprint density at radius 1 is 0.857 bits per heavy atom. The summed E-state index contributed by atoms with van der Waals surface area (Å²) < 4.78 is 0. The van der Waals surface area contributed by atoms with E-state index in [1.165, 1.54) is 0 Å². The summed E-state index contributed by atoms with van der Waals surface area (Å²) in [7, 11) is 0. The Hall–Kier alpha value is 0.400. The van der Waals surface area contributed by atoms with Gasteiger partial charge in [0.1, 0.15) is 0 Å². The predicted octanol–water partition coefficient (Wildman–Crippen LogP) is -5.09. The van der Waals surface area contributed by atoms with Crippen molar-refractivity contribution in [2.45, 2.75) is 12.8 Å². The molecule has 0 spiro atoms. The summed E-state index contributed by atoms with van der Waals surface area (Å²) in [6.45, 7) is 0.167. The van der Waals surface area contributed by atoms with Gasteiger partial charge in [-0.05, 0) is 10.1 Å². The Balaban J connectivity index is -0.000000605. The van der Waals surface area contributed by atoms with Crippen LogP contribution in [0.15, 0.2) is 0 Å². The number of hydrogen-bond acceptors (Lipinski definition) is 4. The fourth-order valence-electron chi connectivity index (χ4n) is 0.528. The van der Waals surface area contributed by atoms with Gasteiger partial charge in [0.15, 0.2) is 0 Å². The minimum Gasteiger partial charge on any atom is -0.379 e. The molecule has 0 aliphatic heterocycles. The molecule has 0 aliphatic rings. The molecular formula is C4H8N4Na2O4. The molecule has 0 heterocycles. The quantitative estimate of drug-likeness (QED) is 0.185. The van der Waals surface area contributed by atoms with Crippen molar-refractivity contribution in [1.82, 2.24) is 0 Å². The molecule has 10 heteroatoms. The molecular weight excluding hydrogens is 214 g/mol. The second kappa shape index (κ2) is 13.4. The summed E-state index contributed by atoms with van der Waals surface area (Å²) in [5.41, 5.74) is 5.90. The van der Waals surface area contributed by atoms with Gasteiger partial charge in [0.05, 0.1) is 0 Å². The zero-order valence-electron chi connectivity index (χ0n) is 8.25. The number of unbranched alkanes of at least 4 members (excludes halogenated alkanes) is 1. The monoisotopic (exact) mass is 222 g/mol. The number of nitrogens with zero attached hydrogens (tertiary/aromatic N) is 4. The first-order valence-electron chi connectivity index (χ1n) is 3.26. The summed E-state index contributed by atoms with van der Waals surface area (Å²) in [6, 6.07) is 0. The summed E-state index contributed by atoms with van der Waals surface area (Å²) in [6.07, 6.45) is 0.886. The molecule has 14 heavy (non-hydrogen) atoms. The van der Waals surface area contributed by atoms with E-state index in [9.17, 15) is 20.2 Å². The number of rotatable bonds is 7. The first-order valence-corrected chi connectivity index (χ1v) is 3.26. The first kappa shape index (κ1) is 19.9. The Morgan fingerprint density at radius 2 is 1.14 bits per heavy atom. The van der Waals surface area contributed by atoms with Crippen molar-refractivity contribution in [3.63, 3.8) is 0 Å². The van der Waals surface area contributed by atoms with Gasteiger partial charge in [0.25, 0.3) is 0 Å².